The van der Waals surface area contributed by atoms with Gasteiger partial charge in [0.05, 0.1) is 6.61 Å². The molecular weight excluding hydrogens is 297 g/mol. The first-order valence-electron chi connectivity index (χ1n) is 6.26. The predicted molar refractivity (Wildman–Crippen MR) is 72.2 cm³/mol. The van der Waals surface area contributed by atoms with Crippen molar-refractivity contribution in [1.82, 2.24) is 19.5 Å². The number of halogens is 1. The molecule has 0 bridgehead atoms. The highest BCUT2D eigenvalue weighted by Gasteiger charge is 2.56. The molecule has 0 radical (unpaired) electrons. The monoisotopic (exact) mass is 309 g/mol. The number of nitrogens with one attached hydrogen (secondary N) is 1. The van der Waals surface area contributed by atoms with Crippen LogP contribution >= 0.6 is 0 Å². The molecular formula is C12H12FN5O4. The minimum absolute atomic E-state index is 0.0901. The Morgan fingerprint density at radius 2 is 2.41 bits per heavy atom. The molecule has 1 saturated heterocycles. The van der Waals surface area contributed by atoms with E-state index in [2.05, 4.69) is 20.9 Å². The van der Waals surface area contributed by atoms with Crippen LogP contribution in [0.3, 0.4) is 0 Å². The summed E-state index contributed by atoms with van der Waals surface area (Å²) in [6.45, 7) is -0.631. The van der Waals surface area contributed by atoms with Gasteiger partial charge in [-0.2, -0.15) is 4.98 Å². The molecule has 4 atom stereocenters. The van der Waals surface area contributed by atoms with Crippen molar-refractivity contribution < 1.29 is 19.3 Å². The molecule has 10 heteroatoms. The van der Waals surface area contributed by atoms with Crippen LogP contribution in [0.15, 0.2) is 11.1 Å². The van der Waals surface area contributed by atoms with Gasteiger partial charge in [-0.15, -0.1) is 6.42 Å². The number of alkyl halides is 1. The molecule has 4 unspecified atom stereocenters. The molecule has 0 saturated carbocycles. The Bertz CT molecular complexity index is 827. The van der Waals surface area contributed by atoms with Gasteiger partial charge in [-0.3, -0.25) is 14.3 Å². The zero-order chi connectivity index (χ0) is 16.1. The molecule has 0 aliphatic carbocycles. The van der Waals surface area contributed by atoms with Gasteiger partial charge in [0.25, 0.3) is 5.56 Å². The van der Waals surface area contributed by atoms with E-state index in [1.54, 1.807) is 0 Å². The number of fused-ring (bicyclic) bond motifs is 1. The third-order valence-electron chi connectivity index (χ3n) is 3.56. The fourth-order valence-corrected chi connectivity index (χ4v) is 2.47. The summed E-state index contributed by atoms with van der Waals surface area (Å²) in [6, 6.07) is 0. The lowest BCUT2D eigenvalue weighted by Gasteiger charge is -2.26. The summed E-state index contributed by atoms with van der Waals surface area (Å²) < 4.78 is 20.9. The third-order valence-corrected chi connectivity index (χ3v) is 3.56. The first-order chi connectivity index (χ1) is 10.4. The summed E-state index contributed by atoms with van der Waals surface area (Å²) in [5.74, 6) is 1.91. The standard InChI is InChI=1S/C12H12FN5O4/c1-2-12(8(13)7(20)5(3-19)22-12)18-4-15-6-9(18)16-11(14)17-10(6)21/h1,4-5,7-8,19-20H,3H2,(H3,14,16,17,21). The van der Waals surface area contributed by atoms with Gasteiger partial charge in [-0.1, -0.05) is 0 Å². The summed E-state index contributed by atoms with van der Waals surface area (Å²) in [6.07, 6.45) is 1.55. The van der Waals surface area contributed by atoms with Gasteiger partial charge in [0.2, 0.25) is 11.7 Å². The molecule has 0 spiro atoms. The topological polar surface area (TPSA) is 139 Å². The Morgan fingerprint density at radius 3 is 3.00 bits per heavy atom. The third kappa shape index (κ3) is 1.73. The molecule has 1 fully saturated rings. The molecule has 116 valence electrons. The number of aliphatic hydroxyl groups is 2. The maximum Gasteiger partial charge on any atom is 0.280 e. The molecule has 0 amide bonds. The van der Waals surface area contributed by atoms with E-state index in [9.17, 15) is 14.3 Å². The van der Waals surface area contributed by atoms with Crippen LogP contribution in [0.5, 0.6) is 0 Å². The second-order valence-electron chi connectivity index (χ2n) is 4.81. The minimum atomic E-state index is -2.09. The molecule has 1 aliphatic rings. The molecule has 0 aromatic carbocycles. The first-order valence-corrected chi connectivity index (χ1v) is 6.26. The van der Waals surface area contributed by atoms with Crippen LogP contribution in [-0.2, 0) is 10.5 Å². The number of nitrogen functional groups attached to an aromatic ring is 1. The second kappa shape index (κ2) is 4.77. The largest absolute Gasteiger partial charge is 0.394 e. The van der Waals surface area contributed by atoms with Crippen LogP contribution in [-0.4, -0.2) is 54.7 Å². The lowest BCUT2D eigenvalue weighted by Crippen LogP contribution is -2.41. The van der Waals surface area contributed by atoms with Crippen LogP contribution in [0.25, 0.3) is 11.2 Å². The Morgan fingerprint density at radius 1 is 1.68 bits per heavy atom. The molecule has 22 heavy (non-hydrogen) atoms. The van der Waals surface area contributed by atoms with Crippen LogP contribution in [0, 0.1) is 12.3 Å². The highest BCUT2D eigenvalue weighted by molar-refractivity contribution is 5.71. The summed E-state index contributed by atoms with van der Waals surface area (Å²) >= 11 is 0. The van der Waals surface area contributed by atoms with E-state index < -0.39 is 36.3 Å². The number of H-pyrrole nitrogens is 1. The average molecular weight is 309 g/mol. The summed E-state index contributed by atoms with van der Waals surface area (Å²) in [5.41, 5.74) is 2.56. The van der Waals surface area contributed by atoms with Gasteiger partial charge in [0, 0.05) is 0 Å². The van der Waals surface area contributed by atoms with Crippen LogP contribution < -0.4 is 11.3 Å². The van der Waals surface area contributed by atoms with Crippen molar-refractivity contribution in [3.05, 3.63) is 16.7 Å². The van der Waals surface area contributed by atoms with Crippen LogP contribution in [0.4, 0.5) is 10.3 Å². The zero-order valence-electron chi connectivity index (χ0n) is 11.1. The Labute approximate surface area is 122 Å². The van der Waals surface area contributed by atoms with E-state index >= 15 is 0 Å². The van der Waals surface area contributed by atoms with Crippen molar-refractivity contribution in [2.45, 2.75) is 24.1 Å². The lowest BCUT2D eigenvalue weighted by atomic mass is 10.0. The van der Waals surface area contributed by atoms with Crippen molar-refractivity contribution >= 4 is 17.1 Å². The van der Waals surface area contributed by atoms with Gasteiger partial charge in [0.1, 0.15) is 18.5 Å². The quantitative estimate of drug-likeness (QED) is 0.474. The maximum atomic E-state index is 14.5. The SMILES string of the molecule is C#CC1(n2cnc3c(=O)[nH]c(N)nc32)OC(CO)C(O)C1F. The normalized spacial score (nSPS) is 31.5. The van der Waals surface area contributed by atoms with Gasteiger partial charge in [-0.05, 0) is 5.92 Å². The van der Waals surface area contributed by atoms with Crippen molar-refractivity contribution in [3.63, 3.8) is 0 Å². The van der Waals surface area contributed by atoms with E-state index in [0.717, 1.165) is 10.9 Å². The maximum absolute atomic E-state index is 14.5. The van der Waals surface area contributed by atoms with Crippen LogP contribution in [0.2, 0.25) is 0 Å². The number of ether oxygens (including phenoxy) is 1. The molecule has 9 nitrogen and oxygen atoms in total. The molecule has 3 heterocycles. The van der Waals surface area contributed by atoms with Crippen molar-refractivity contribution in [3.8, 4) is 12.3 Å². The number of aromatic nitrogens is 4. The predicted octanol–water partition coefficient (Wildman–Crippen LogP) is -1.92. The number of rotatable bonds is 2. The van der Waals surface area contributed by atoms with E-state index in [-0.39, 0.29) is 17.1 Å². The van der Waals surface area contributed by atoms with E-state index in [0.29, 0.717) is 0 Å². The van der Waals surface area contributed by atoms with Gasteiger partial charge < -0.3 is 20.7 Å². The zero-order valence-corrected chi connectivity index (χ0v) is 11.1. The van der Waals surface area contributed by atoms with Gasteiger partial charge in [0.15, 0.2) is 17.3 Å². The fourth-order valence-electron chi connectivity index (χ4n) is 2.47. The van der Waals surface area contributed by atoms with Gasteiger partial charge >= 0.3 is 0 Å². The second-order valence-corrected chi connectivity index (χ2v) is 4.81. The number of aliphatic hydroxyl groups excluding tert-OH is 2. The minimum Gasteiger partial charge on any atom is -0.394 e. The van der Waals surface area contributed by atoms with Crippen LogP contribution in [0.1, 0.15) is 0 Å². The smallest absolute Gasteiger partial charge is 0.280 e. The molecule has 2 aromatic heterocycles. The van der Waals surface area contributed by atoms with Crippen molar-refractivity contribution in [1.29, 1.82) is 0 Å². The van der Waals surface area contributed by atoms with Crippen molar-refractivity contribution in [2.75, 3.05) is 12.3 Å². The number of aromatic amines is 1. The summed E-state index contributed by atoms with van der Waals surface area (Å²) in [7, 11) is 0. The van der Waals surface area contributed by atoms with E-state index in [1.807, 2.05) is 0 Å². The number of hydrogen-bond acceptors (Lipinski definition) is 7. The van der Waals surface area contributed by atoms with E-state index in [1.165, 1.54) is 0 Å². The van der Waals surface area contributed by atoms with Crippen molar-refractivity contribution in [2.24, 2.45) is 0 Å². The highest BCUT2D eigenvalue weighted by Crippen LogP contribution is 2.38. The number of imidazole rings is 1. The molecule has 5 N–H and O–H groups in total. The first kappa shape index (κ1) is 14.5. The number of anilines is 1. The average Bonchev–Trinajstić information content (AvgIpc) is 3.01. The fraction of sp³-hybridized carbons (Fsp3) is 0.417. The number of terminal acetylenes is 1. The van der Waals surface area contributed by atoms with Gasteiger partial charge in [-0.25, -0.2) is 9.37 Å². The summed E-state index contributed by atoms with van der Waals surface area (Å²) in [5, 5.41) is 18.9. The number of hydrogen-bond donors (Lipinski definition) is 4. The molecule has 1 aliphatic heterocycles. The highest BCUT2D eigenvalue weighted by atomic mass is 19.1. The Kier molecular flexibility index (Phi) is 3.13. The number of nitrogens with zero attached hydrogens (tertiary/aromatic N) is 3. The lowest BCUT2D eigenvalue weighted by molar-refractivity contribution is -0.0905. The molecule has 2 aromatic rings. The van der Waals surface area contributed by atoms with E-state index in [4.69, 9.17) is 22.0 Å². The number of nitrogens with two attached hydrogens (primary N) is 1. The Balaban J connectivity index is 2.25. The Hall–Kier alpha value is -2.48. The molecule has 3 rings (SSSR count). The summed E-state index contributed by atoms with van der Waals surface area (Å²) in [4.78, 5) is 21.7.